The van der Waals surface area contributed by atoms with Gasteiger partial charge in [0.1, 0.15) is 0 Å². The molecule has 0 fully saturated rings. The predicted octanol–water partition coefficient (Wildman–Crippen LogP) is 3.82. The van der Waals surface area contributed by atoms with Crippen LogP contribution < -0.4 is 10.2 Å². The Morgan fingerprint density at radius 3 is 2.36 bits per heavy atom. The zero-order valence-electron chi connectivity index (χ0n) is 12.5. The van der Waals surface area contributed by atoms with E-state index in [9.17, 15) is 13.6 Å². The van der Waals surface area contributed by atoms with Gasteiger partial charge in [0.2, 0.25) is 5.91 Å². The SMILES string of the molecule is CC(C)N(C(=O)CNc1ccc(F)c(F)c1)c1ccccc1. The van der Waals surface area contributed by atoms with Crippen molar-refractivity contribution < 1.29 is 13.6 Å². The van der Waals surface area contributed by atoms with E-state index in [0.29, 0.717) is 5.69 Å². The summed E-state index contributed by atoms with van der Waals surface area (Å²) in [6, 6.07) is 12.8. The Morgan fingerprint density at radius 1 is 1.09 bits per heavy atom. The highest BCUT2D eigenvalue weighted by atomic mass is 19.2. The van der Waals surface area contributed by atoms with Gasteiger partial charge in [-0.3, -0.25) is 4.79 Å². The number of benzene rings is 2. The Hall–Kier alpha value is -2.43. The van der Waals surface area contributed by atoms with E-state index in [1.807, 2.05) is 44.2 Å². The predicted molar refractivity (Wildman–Crippen MR) is 83.9 cm³/mol. The summed E-state index contributed by atoms with van der Waals surface area (Å²) in [6.45, 7) is 3.84. The molecule has 0 atom stereocenters. The lowest BCUT2D eigenvalue weighted by atomic mass is 10.2. The molecule has 0 aliphatic carbocycles. The molecule has 22 heavy (non-hydrogen) atoms. The van der Waals surface area contributed by atoms with Crippen LogP contribution in [0.4, 0.5) is 20.2 Å². The van der Waals surface area contributed by atoms with Crippen LogP contribution in [-0.4, -0.2) is 18.5 Å². The van der Waals surface area contributed by atoms with Crippen LogP contribution in [0.3, 0.4) is 0 Å². The molecular weight excluding hydrogens is 286 g/mol. The zero-order chi connectivity index (χ0) is 16.1. The van der Waals surface area contributed by atoms with Gasteiger partial charge in [-0.2, -0.15) is 0 Å². The minimum Gasteiger partial charge on any atom is -0.376 e. The Morgan fingerprint density at radius 2 is 1.77 bits per heavy atom. The molecule has 0 heterocycles. The molecule has 0 radical (unpaired) electrons. The van der Waals surface area contributed by atoms with E-state index in [0.717, 1.165) is 17.8 Å². The number of carbonyl (C=O) groups is 1. The molecule has 1 N–H and O–H groups in total. The standard InChI is InChI=1S/C17H18F2N2O/c1-12(2)21(14-6-4-3-5-7-14)17(22)11-20-13-8-9-15(18)16(19)10-13/h3-10,12,20H,11H2,1-2H3. The average molecular weight is 304 g/mol. The van der Waals surface area contributed by atoms with E-state index in [-0.39, 0.29) is 18.5 Å². The van der Waals surface area contributed by atoms with Crippen LogP contribution in [0.1, 0.15) is 13.8 Å². The number of hydrogen-bond donors (Lipinski definition) is 1. The quantitative estimate of drug-likeness (QED) is 0.911. The molecule has 0 aliphatic heterocycles. The van der Waals surface area contributed by atoms with Gasteiger partial charge in [0.25, 0.3) is 0 Å². The number of rotatable bonds is 5. The second-order valence-corrected chi connectivity index (χ2v) is 5.18. The van der Waals surface area contributed by atoms with Crippen molar-refractivity contribution in [3.8, 4) is 0 Å². The van der Waals surface area contributed by atoms with Crippen LogP contribution >= 0.6 is 0 Å². The van der Waals surface area contributed by atoms with E-state index >= 15 is 0 Å². The third-order valence-corrected chi connectivity index (χ3v) is 3.18. The summed E-state index contributed by atoms with van der Waals surface area (Å²) in [7, 11) is 0. The lowest BCUT2D eigenvalue weighted by Gasteiger charge is -2.27. The summed E-state index contributed by atoms with van der Waals surface area (Å²) in [5.41, 5.74) is 1.17. The highest BCUT2D eigenvalue weighted by Crippen LogP contribution is 2.17. The highest BCUT2D eigenvalue weighted by molar-refractivity contribution is 5.96. The van der Waals surface area contributed by atoms with E-state index in [4.69, 9.17) is 0 Å². The van der Waals surface area contributed by atoms with Gasteiger partial charge < -0.3 is 10.2 Å². The Labute approximate surface area is 128 Å². The normalized spacial score (nSPS) is 10.6. The van der Waals surface area contributed by atoms with Crippen molar-refractivity contribution in [1.29, 1.82) is 0 Å². The van der Waals surface area contributed by atoms with Crippen LogP contribution in [0.2, 0.25) is 0 Å². The van der Waals surface area contributed by atoms with Gasteiger partial charge in [-0.05, 0) is 38.1 Å². The molecule has 5 heteroatoms. The molecule has 3 nitrogen and oxygen atoms in total. The molecule has 116 valence electrons. The molecule has 0 aliphatic rings. The van der Waals surface area contributed by atoms with Crippen LogP contribution in [0.5, 0.6) is 0 Å². The van der Waals surface area contributed by atoms with Crippen LogP contribution in [0.15, 0.2) is 48.5 Å². The van der Waals surface area contributed by atoms with Crippen molar-refractivity contribution >= 4 is 17.3 Å². The molecule has 0 aromatic heterocycles. The van der Waals surface area contributed by atoms with E-state index < -0.39 is 11.6 Å². The van der Waals surface area contributed by atoms with Gasteiger partial charge in [-0.25, -0.2) is 8.78 Å². The zero-order valence-corrected chi connectivity index (χ0v) is 12.5. The lowest BCUT2D eigenvalue weighted by Crippen LogP contribution is -2.40. The van der Waals surface area contributed by atoms with Crippen LogP contribution in [0.25, 0.3) is 0 Å². The van der Waals surface area contributed by atoms with E-state index in [2.05, 4.69) is 5.32 Å². The van der Waals surface area contributed by atoms with Gasteiger partial charge in [0.05, 0.1) is 6.54 Å². The van der Waals surface area contributed by atoms with Crippen LogP contribution in [-0.2, 0) is 4.79 Å². The lowest BCUT2D eigenvalue weighted by molar-refractivity contribution is -0.117. The molecule has 0 unspecified atom stereocenters. The molecule has 2 rings (SSSR count). The summed E-state index contributed by atoms with van der Waals surface area (Å²) in [5, 5.41) is 2.82. The summed E-state index contributed by atoms with van der Waals surface area (Å²) < 4.78 is 26.0. The molecule has 2 aromatic carbocycles. The Balaban J connectivity index is 2.07. The highest BCUT2D eigenvalue weighted by Gasteiger charge is 2.18. The number of anilines is 2. The first kappa shape index (κ1) is 15.9. The maximum Gasteiger partial charge on any atom is 0.246 e. The number of carbonyl (C=O) groups excluding carboxylic acids is 1. The van der Waals surface area contributed by atoms with Gasteiger partial charge in [0.15, 0.2) is 11.6 Å². The second-order valence-electron chi connectivity index (χ2n) is 5.18. The minimum atomic E-state index is -0.943. The second kappa shape index (κ2) is 7.02. The van der Waals surface area contributed by atoms with Crippen molar-refractivity contribution in [2.45, 2.75) is 19.9 Å². The monoisotopic (exact) mass is 304 g/mol. The number of nitrogens with one attached hydrogen (secondary N) is 1. The Kier molecular flexibility index (Phi) is 5.09. The number of nitrogens with zero attached hydrogens (tertiary/aromatic N) is 1. The van der Waals surface area contributed by atoms with E-state index in [1.54, 1.807) is 4.90 Å². The largest absolute Gasteiger partial charge is 0.376 e. The number of amides is 1. The van der Waals surface area contributed by atoms with Crippen molar-refractivity contribution in [2.75, 3.05) is 16.8 Å². The van der Waals surface area contributed by atoms with Crippen molar-refractivity contribution in [3.63, 3.8) is 0 Å². The van der Waals surface area contributed by atoms with Gasteiger partial charge >= 0.3 is 0 Å². The van der Waals surface area contributed by atoms with Gasteiger partial charge in [-0.15, -0.1) is 0 Å². The molecule has 0 bridgehead atoms. The molecule has 2 aromatic rings. The fourth-order valence-electron chi connectivity index (χ4n) is 2.19. The van der Waals surface area contributed by atoms with Gasteiger partial charge in [-0.1, -0.05) is 18.2 Å². The molecule has 0 saturated carbocycles. The van der Waals surface area contributed by atoms with E-state index in [1.165, 1.54) is 6.07 Å². The first-order valence-corrected chi connectivity index (χ1v) is 7.05. The summed E-state index contributed by atoms with van der Waals surface area (Å²) in [5.74, 6) is -2.00. The molecule has 1 amide bonds. The fraction of sp³-hybridized carbons (Fsp3) is 0.235. The minimum absolute atomic E-state index is 0.00184. The van der Waals surface area contributed by atoms with Crippen LogP contribution in [0, 0.1) is 11.6 Å². The first-order valence-electron chi connectivity index (χ1n) is 7.05. The van der Waals surface area contributed by atoms with Gasteiger partial charge in [0, 0.05) is 23.5 Å². The third kappa shape index (κ3) is 3.81. The number of hydrogen-bond acceptors (Lipinski definition) is 2. The number of para-hydroxylation sites is 1. The topological polar surface area (TPSA) is 32.3 Å². The van der Waals surface area contributed by atoms with Crippen molar-refractivity contribution in [1.82, 2.24) is 0 Å². The first-order chi connectivity index (χ1) is 10.5. The fourth-order valence-corrected chi connectivity index (χ4v) is 2.19. The Bertz CT molecular complexity index is 644. The maximum atomic E-state index is 13.1. The number of halogens is 2. The summed E-state index contributed by atoms with van der Waals surface area (Å²) in [4.78, 5) is 14.1. The smallest absolute Gasteiger partial charge is 0.246 e. The summed E-state index contributed by atoms with van der Waals surface area (Å²) >= 11 is 0. The summed E-state index contributed by atoms with van der Waals surface area (Å²) in [6.07, 6.45) is 0. The molecule has 0 spiro atoms. The van der Waals surface area contributed by atoms with Crippen molar-refractivity contribution in [3.05, 3.63) is 60.2 Å². The van der Waals surface area contributed by atoms with Crippen molar-refractivity contribution in [2.24, 2.45) is 0 Å². The molecular formula is C17H18F2N2O. The third-order valence-electron chi connectivity index (χ3n) is 3.18. The average Bonchev–Trinajstić information content (AvgIpc) is 2.49. The maximum absolute atomic E-state index is 13.1. The molecule has 0 saturated heterocycles.